The average Bonchev–Trinajstić information content (AvgIpc) is 2.76. The number of halogens is 1. The van der Waals surface area contributed by atoms with Crippen LogP contribution in [0.5, 0.6) is 5.75 Å². The van der Waals surface area contributed by atoms with Crippen molar-refractivity contribution in [2.45, 2.75) is 13.3 Å². The molecule has 3 rings (SSSR count). The van der Waals surface area contributed by atoms with E-state index in [2.05, 4.69) is 10.2 Å². The largest absolute Gasteiger partial charge is 0.494 e. The molecule has 2 amide bonds. The number of piperazine rings is 1. The van der Waals surface area contributed by atoms with Gasteiger partial charge in [0.15, 0.2) is 0 Å². The lowest BCUT2D eigenvalue weighted by atomic mass is 10.1. The van der Waals surface area contributed by atoms with E-state index in [1.165, 1.54) is 24.3 Å². The van der Waals surface area contributed by atoms with Crippen molar-refractivity contribution in [3.05, 3.63) is 65.5 Å². The highest BCUT2D eigenvalue weighted by Gasteiger charge is 2.21. The quantitative estimate of drug-likeness (QED) is 0.722. The number of carbonyl (C=O) groups is 2. The molecular formula is C23H28FN3O3. The summed E-state index contributed by atoms with van der Waals surface area (Å²) in [6.07, 6.45) is 0.389. The second-order valence-electron chi connectivity index (χ2n) is 7.24. The number of hydrogen-bond acceptors (Lipinski definition) is 4. The molecule has 1 aliphatic heterocycles. The molecule has 7 heteroatoms. The molecule has 1 heterocycles. The molecule has 0 aromatic heterocycles. The molecule has 6 nitrogen and oxygen atoms in total. The number of amides is 2. The molecule has 0 aliphatic carbocycles. The van der Waals surface area contributed by atoms with Gasteiger partial charge >= 0.3 is 0 Å². The lowest BCUT2D eigenvalue weighted by Crippen LogP contribution is -2.50. The molecule has 0 saturated carbocycles. The number of carbonyl (C=O) groups excluding carboxylic acids is 2. The Morgan fingerprint density at radius 2 is 1.67 bits per heavy atom. The van der Waals surface area contributed by atoms with E-state index in [1.54, 1.807) is 0 Å². The molecule has 1 fully saturated rings. The highest BCUT2D eigenvalue weighted by molar-refractivity contribution is 5.94. The van der Waals surface area contributed by atoms with E-state index >= 15 is 0 Å². The number of nitrogens with one attached hydrogen (secondary N) is 1. The fraction of sp³-hybridized carbons (Fsp3) is 0.391. The van der Waals surface area contributed by atoms with Gasteiger partial charge in [0.25, 0.3) is 5.91 Å². The summed E-state index contributed by atoms with van der Waals surface area (Å²) in [5.41, 5.74) is 1.43. The first-order valence-corrected chi connectivity index (χ1v) is 10.3. The van der Waals surface area contributed by atoms with Crippen molar-refractivity contribution in [1.29, 1.82) is 0 Å². The zero-order valence-electron chi connectivity index (χ0n) is 17.3. The predicted molar refractivity (Wildman–Crippen MR) is 113 cm³/mol. The Labute approximate surface area is 176 Å². The van der Waals surface area contributed by atoms with Crippen molar-refractivity contribution in [2.75, 3.05) is 45.9 Å². The van der Waals surface area contributed by atoms with Crippen molar-refractivity contribution in [3.8, 4) is 5.75 Å². The molecule has 0 unspecified atom stereocenters. The summed E-state index contributed by atoms with van der Waals surface area (Å²) in [5.74, 6) is 0.373. The van der Waals surface area contributed by atoms with E-state index in [1.807, 2.05) is 36.1 Å². The predicted octanol–water partition coefficient (Wildman–Crippen LogP) is 2.34. The summed E-state index contributed by atoms with van der Waals surface area (Å²) in [4.78, 5) is 28.7. The summed E-state index contributed by atoms with van der Waals surface area (Å²) in [6.45, 7) is 6.71. The normalized spacial score (nSPS) is 14.4. The highest BCUT2D eigenvalue weighted by atomic mass is 19.1. The van der Waals surface area contributed by atoms with E-state index in [0.29, 0.717) is 44.8 Å². The third kappa shape index (κ3) is 6.29. The van der Waals surface area contributed by atoms with Crippen LogP contribution < -0.4 is 10.1 Å². The number of benzene rings is 2. The van der Waals surface area contributed by atoms with Crippen LogP contribution in [0.15, 0.2) is 48.5 Å². The third-order valence-electron chi connectivity index (χ3n) is 5.13. The first-order chi connectivity index (χ1) is 14.5. The fourth-order valence-corrected chi connectivity index (χ4v) is 3.41. The SMILES string of the molecule is CCOc1ccc(CC(=O)N2CCN(CCNC(=O)c3ccc(F)cc3)CC2)cc1. The second kappa shape index (κ2) is 10.7. The topological polar surface area (TPSA) is 61.9 Å². The van der Waals surface area contributed by atoms with Crippen molar-refractivity contribution in [1.82, 2.24) is 15.1 Å². The summed E-state index contributed by atoms with van der Waals surface area (Å²) in [7, 11) is 0. The minimum atomic E-state index is -0.360. The summed E-state index contributed by atoms with van der Waals surface area (Å²) >= 11 is 0. The Balaban J connectivity index is 1.36. The van der Waals surface area contributed by atoms with Crippen LogP contribution in [0.4, 0.5) is 4.39 Å². The average molecular weight is 413 g/mol. The Bertz CT molecular complexity index is 832. The van der Waals surface area contributed by atoms with Gasteiger partial charge in [-0.05, 0) is 48.9 Å². The van der Waals surface area contributed by atoms with Crippen LogP contribution in [0.25, 0.3) is 0 Å². The van der Waals surface area contributed by atoms with Crippen LogP contribution in [0.2, 0.25) is 0 Å². The molecule has 1 N–H and O–H groups in total. The van der Waals surface area contributed by atoms with Crippen molar-refractivity contribution in [2.24, 2.45) is 0 Å². The maximum Gasteiger partial charge on any atom is 0.251 e. The zero-order valence-corrected chi connectivity index (χ0v) is 17.3. The molecule has 2 aromatic carbocycles. The first kappa shape index (κ1) is 21.8. The van der Waals surface area contributed by atoms with Gasteiger partial charge in [-0.25, -0.2) is 4.39 Å². The fourth-order valence-electron chi connectivity index (χ4n) is 3.41. The molecule has 0 bridgehead atoms. The second-order valence-corrected chi connectivity index (χ2v) is 7.24. The highest BCUT2D eigenvalue weighted by Crippen LogP contribution is 2.14. The van der Waals surface area contributed by atoms with Crippen molar-refractivity contribution < 1.29 is 18.7 Å². The van der Waals surface area contributed by atoms with Gasteiger partial charge in [-0.15, -0.1) is 0 Å². The van der Waals surface area contributed by atoms with Crippen LogP contribution >= 0.6 is 0 Å². The van der Waals surface area contributed by atoms with Crippen LogP contribution in [0.3, 0.4) is 0 Å². The summed E-state index contributed by atoms with van der Waals surface area (Å²) < 4.78 is 18.4. The van der Waals surface area contributed by atoms with Gasteiger partial charge in [-0.2, -0.15) is 0 Å². The van der Waals surface area contributed by atoms with Gasteiger partial charge in [-0.1, -0.05) is 12.1 Å². The summed E-state index contributed by atoms with van der Waals surface area (Å²) in [5, 5.41) is 2.85. The third-order valence-corrected chi connectivity index (χ3v) is 5.13. The number of rotatable bonds is 8. The standard InChI is InChI=1S/C23H28FN3O3/c1-2-30-21-9-3-18(4-10-21)17-22(28)27-15-13-26(14-16-27)12-11-25-23(29)19-5-7-20(24)8-6-19/h3-10H,2,11-17H2,1H3,(H,25,29). The van der Waals surface area contributed by atoms with Gasteiger partial charge in [0.1, 0.15) is 11.6 Å². The van der Waals surface area contributed by atoms with E-state index < -0.39 is 0 Å². The van der Waals surface area contributed by atoms with Gasteiger partial charge < -0.3 is 15.0 Å². The lowest BCUT2D eigenvalue weighted by Gasteiger charge is -2.34. The smallest absolute Gasteiger partial charge is 0.251 e. The lowest BCUT2D eigenvalue weighted by molar-refractivity contribution is -0.132. The van der Waals surface area contributed by atoms with Crippen LogP contribution in [0.1, 0.15) is 22.8 Å². The molecule has 2 aromatic rings. The number of ether oxygens (including phenoxy) is 1. The van der Waals surface area contributed by atoms with Gasteiger partial charge in [-0.3, -0.25) is 14.5 Å². The molecular weight excluding hydrogens is 385 g/mol. The van der Waals surface area contributed by atoms with E-state index in [0.717, 1.165) is 24.4 Å². The molecule has 30 heavy (non-hydrogen) atoms. The Morgan fingerprint density at radius 3 is 2.30 bits per heavy atom. The molecule has 0 radical (unpaired) electrons. The zero-order chi connectivity index (χ0) is 21.3. The van der Waals surface area contributed by atoms with E-state index in [4.69, 9.17) is 4.74 Å². The Morgan fingerprint density at radius 1 is 1.00 bits per heavy atom. The van der Waals surface area contributed by atoms with Gasteiger partial charge in [0, 0.05) is 44.8 Å². The molecule has 1 aliphatic rings. The molecule has 0 spiro atoms. The van der Waals surface area contributed by atoms with Crippen molar-refractivity contribution in [3.63, 3.8) is 0 Å². The van der Waals surface area contributed by atoms with E-state index in [-0.39, 0.29) is 17.6 Å². The first-order valence-electron chi connectivity index (χ1n) is 10.3. The van der Waals surface area contributed by atoms with Gasteiger partial charge in [0.05, 0.1) is 13.0 Å². The minimum Gasteiger partial charge on any atom is -0.494 e. The van der Waals surface area contributed by atoms with Crippen LogP contribution in [-0.4, -0.2) is 67.5 Å². The van der Waals surface area contributed by atoms with Crippen molar-refractivity contribution >= 4 is 11.8 Å². The van der Waals surface area contributed by atoms with Gasteiger partial charge in [0.2, 0.25) is 5.91 Å². The monoisotopic (exact) mass is 413 g/mol. The maximum atomic E-state index is 12.9. The molecule has 0 atom stereocenters. The molecule has 1 saturated heterocycles. The van der Waals surface area contributed by atoms with Crippen LogP contribution in [-0.2, 0) is 11.2 Å². The Kier molecular flexibility index (Phi) is 7.79. The Hall–Kier alpha value is -2.93. The number of nitrogens with zero attached hydrogens (tertiary/aromatic N) is 2. The van der Waals surface area contributed by atoms with Crippen LogP contribution in [0, 0.1) is 5.82 Å². The van der Waals surface area contributed by atoms with E-state index in [9.17, 15) is 14.0 Å². The molecule has 160 valence electrons. The summed E-state index contributed by atoms with van der Waals surface area (Å²) in [6, 6.07) is 13.1. The minimum absolute atomic E-state index is 0.128. The maximum absolute atomic E-state index is 12.9. The number of hydrogen-bond donors (Lipinski definition) is 1.